The molecule has 6 heteroatoms. The maximum Gasteiger partial charge on any atom is 0.174 e. The van der Waals surface area contributed by atoms with Gasteiger partial charge in [-0.1, -0.05) is 24.3 Å². The number of aromatic nitrogens is 3. The summed E-state index contributed by atoms with van der Waals surface area (Å²) in [6.07, 6.45) is 3.58. The van der Waals surface area contributed by atoms with E-state index in [9.17, 15) is 10.2 Å². The molecule has 0 atom stereocenters. The van der Waals surface area contributed by atoms with Crippen LogP contribution in [0.25, 0.3) is 23.5 Å². The lowest BCUT2D eigenvalue weighted by atomic mass is 10.2. The lowest BCUT2D eigenvalue weighted by Gasteiger charge is -2.03. The van der Waals surface area contributed by atoms with Crippen LogP contribution in [0.3, 0.4) is 0 Å². The average Bonchev–Trinajstić information content (AvgIpc) is 2.95. The van der Waals surface area contributed by atoms with Crippen molar-refractivity contribution in [2.75, 3.05) is 7.11 Å². The maximum atomic E-state index is 9.95. The van der Waals surface area contributed by atoms with Gasteiger partial charge >= 0.3 is 0 Å². The molecular formula is C18H17N3O3. The Morgan fingerprint density at radius 2 is 1.83 bits per heavy atom. The summed E-state index contributed by atoms with van der Waals surface area (Å²) in [5.74, 6) is 1.75. The number of hydrogen-bond acceptors (Lipinski definition) is 5. The van der Waals surface area contributed by atoms with Crippen molar-refractivity contribution >= 4 is 12.2 Å². The molecular weight excluding hydrogens is 306 g/mol. The van der Waals surface area contributed by atoms with Gasteiger partial charge in [-0.2, -0.15) is 5.10 Å². The molecule has 0 unspecified atom stereocenters. The zero-order valence-corrected chi connectivity index (χ0v) is 13.3. The van der Waals surface area contributed by atoms with Crippen LogP contribution in [0.2, 0.25) is 0 Å². The SMILES string of the molecule is COc1cc(/C=C/c2nc(-c3ccccc3O)n(C)n2)ccc1O. The molecule has 1 aromatic heterocycles. The fourth-order valence-corrected chi connectivity index (χ4v) is 2.34. The van der Waals surface area contributed by atoms with Crippen molar-refractivity contribution in [3.63, 3.8) is 0 Å². The van der Waals surface area contributed by atoms with Gasteiger partial charge in [-0.3, -0.25) is 0 Å². The van der Waals surface area contributed by atoms with Gasteiger partial charge in [0.15, 0.2) is 23.1 Å². The number of para-hydroxylation sites is 1. The van der Waals surface area contributed by atoms with E-state index in [4.69, 9.17) is 4.74 Å². The molecule has 0 fully saturated rings. The molecule has 2 aromatic carbocycles. The third-order valence-corrected chi connectivity index (χ3v) is 3.55. The van der Waals surface area contributed by atoms with Gasteiger partial charge in [0.05, 0.1) is 12.7 Å². The Balaban J connectivity index is 1.89. The molecule has 0 bridgehead atoms. The van der Waals surface area contributed by atoms with E-state index < -0.39 is 0 Å². The van der Waals surface area contributed by atoms with Crippen LogP contribution in [-0.2, 0) is 7.05 Å². The number of nitrogens with zero attached hydrogens (tertiary/aromatic N) is 3. The van der Waals surface area contributed by atoms with Gasteiger partial charge in [-0.05, 0) is 35.9 Å². The quantitative estimate of drug-likeness (QED) is 0.771. The summed E-state index contributed by atoms with van der Waals surface area (Å²) in [7, 11) is 3.27. The van der Waals surface area contributed by atoms with Gasteiger partial charge in [-0.15, -0.1) is 0 Å². The van der Waals surface area contributed by atoms with E-state index in [2.05, 4.69) is 10.1 Å². The molecule has 3 aromatic rings. The van der Waals surface area contributed by atoms with Gasteiger partial charge in [0.1, 0.15) is 5.75 Å². The van der Waals surface area contributed by atoms with E-state index in [1.165, 1.54) is 7.11 Å². The maximum absolute atomic E-state index is 9.95. The molecule has 0 spiro atoms. The molecule has 0 amide bonds. The molecule has 0 saturated carbocycles. The fraction of sp³-hybridized carbons (Fsp3) is 0.111. The van der Waals surface area contributed by atoms with Crippen LogP contribution in [-0.4, -0.2) is 32.1 Å². The standard InChI is InChI=1S/C18H17N3O3/c1-21-18(13-5-3-4-6-14(13)22)19-17(20-21)10-8-12-7-9-15(23)16(11-12)24-2/h3-11,22-23H,1-2H3/b10-8+. The summed E-state index contributed by atoms with van der Waals surface area (Å²) < 4.78 is 6.70. The Kier molecular flexibility index (Phi) is 4.20. The number of aryl methyl sites for hydroxylation is 1. The number of rotatable bonds is 4. The van der Waals surface area contributed by atoms with Crippen molar-refractivity contribution in [3.8, 4) is 28.6 Å². The molecule has 2 N–H and O–H groups in total. The Morgan fingerprint density at radius 1 is 1.04 bits per heavy atom. The lowest BCUT2D eigenvalue weighted by molar-refractivity contribution is 0.373. The summed E-state index contributed by atoms with van der Waals surface area (Å²) in [6, 6.07) is 12.0. The number of aromatic hydroxyl groups is 2. The zero-order chi connectivity index (χ0) is 17.1. The van der Waals surface area contributed by atoms with Crippen LogP contribution in [0, 0.1) is 0 Å². The third kappa shape index (κ3) is 3.08. The van der Waals surface area contributed by atoms with Crippen molar-refractivity contribution in [1.82, 2.24) is 14.8 Å². The summed E-state index contributed by atoms with van der Waals surface area (Å²) in [5, 5.41) is 23.9. The highest BCUT2D eigenvalue weighted by Crippen LogP contribution is 2.28. The minimum atomic E-state index is 0.0902. The van der Waals surface area contributed by atoms with Crippen LogP contribution < -0.4 is 4.74 Å². The highest BCUT2D eigenvalue weighted by atomic mass is 16.5. The first-order valence-corrected chi connectivity index (χ1v) is 7.33. The van der Waals surface area contributed by atoms with Crippen LogP contribution in [0.15, 0.2) is 42.5 Å². The molecule has 6 nitrogen and oxygen atoms in total. The fourth-order valence-electron chi connectivity index (χ4n) is 2.34. The van der Waals surface area contributed by atoms with E-state index in [0.717, 1.165) is 5.56 Å². The Bertz CT molecular complexity index is 900. The summed E-state index contributed by atoms with van der Waals surface area (Å²) in [4.78, 5) is 4.44. The topological polar surface area (TPSA) is 80.4 Å². The predicted molar refractivity (Wildman–Crippen MR) is 91.7 cm³/mol. The first kappa shape index (κ1) is 15.6. The Morgan fingerprint density at radius 3 is 2.58 bits per heavy atom. The van der Waals surface area contributed by atoms with Gasteiger partial charge in [0.2, 0.25) is 0 Å². The number of benzene rings is 2. The monoisotopic (exact) mass is 323 g/mol. The van der Waals surface area contributed by atoms with Gasteiger partial charge in [0, 0.05) is 7.05 Å². The van der Waals surface area contributed by atoms with E-state index in [0.29, 0.717) is 23.0 Å². The molecule has 1 heterocycles. The largest absolute Gasteiger partial charge is 0.507 e. The highest BCUT2D eigenvalue weighted by molar-refractivity contribution is 5.70. The van der Waals surface area contributed by atoms with E-state index in [1.54, 1.807) is 54.2 Å². The second kappa shape index (κ2) is 6.45. The minimum Gasteiger partial charge on any atom is -0.507 e. The summed E-state index contributed by atoms with van der Waals surface area (Å²) >= 11 is 0. The summed E-state index contributed by atoms with van der Waals surface area (Å²) in [6.45, 7) is 0. The highest BCUT2D eigenvalue weighted by Gasteiger charge is 2.11. The molecule has 122 valence electrons. The van der Waals surface area contributed by atoms with E-state index >= 15 is 0 Å². The van der Waals surface area contributed by atoms with E-state index in [-0.39, 0.29) is 11.5 Å². The number of phenols is 2. The lowest BCUT2D eigenvalue weighted by Crippen LogP contribution is -1.94. The normalized spacial score (nSPS) is 11.1. The third-order valence-electron chi connectivity index (χ3n) is 3.55. The minimum absolute atomic E-state index is 0.0902. The number of ether oxygens (including phenoxy) is 1. The molecule has 0 aliphatic carbocycles. The van der Waals surface area contributed by atoms with Crippen molar-refractivity contribution in [3.05, 3.63) is 53.9 Å². The summed E-state index contributed by atoms with van der Waals surface area (Å²) in [5.41, 5.74) is 1.47. The number of methoxy groups -OCH3 is 1. The van der Waals surface area contributed by atoms with Gasteiger partial charge in [-0.25, -0.2) is 9.67 Å². The first-order valence-electron chi connectivity index (χ1n) is 7.33. The second-order valence-corrected chi connectivity index (χ2v) is 5.20. The van der Waals surface area contributed by atoms with Crippen LogP contribution in [0.5, 0.6) is 17.2 Å². The van der Waals surface area contributed by atoms with Gasteiger partial charge in [0.25, 0.3) is 0 Å². The molecule has 24 heavy (non-hydrogen) atoms. The number of phenolic OH excluding ortho intramolecular Hbond substituents is 2. The Labute approximate surface area is 139 Å². The average molecular weight is 323 g/mol. The number of hydrogen-bond donors (Lipinski definition) is 2. The molecule has 0 saturated heterocycles. The smallest absolute Gasteiger partial charge is 0.174 e. The molecule has 0 radical (unpaired) electrons. The van der Waals surface area contributed by atoms with E-state index in [1.807, 2.05) is 12.1 Å². The van der Waals surface area contributed by atoms with Crippen LogP contribution >= 0.6 is 0 Å². The molecule has 3 rings (SSSR count). The van der Waals surface area contributed by atoms with Crippen molar-refractivity contribution in [1.29, 1.82) is 0 Å². The van der Waals surface area contributed by atoms with Crippen molar-refractivity contribution < 1.29 is 14.9 Å². The predicted octanol–water partition coefficient (Wildman–Crippen LogP) is 3.07. The van der Waals surface area contributed by atoms with Crippen molar-refractivity contribution in [2.24, 2.45) is 7.05 Å². The van der Waals surface area contributed by atoms with Crippen LogP contribution in [0.4, 0.5) is 0 Å². The van der Waals surface area contributed by atoms with Crippen LogP contribution in [0.1, 0.15) is 11.4 Å². The Hall–Kier alpha value is -3.28. The molecule has 0 aliphatic heterocycles. The first-order chi connectivity index (χ1) is 11.6. The van der Waals surface area contributed by atoms with Crippen molar-refractivity contribution in [2.45, 2.75) is 0 Å². The second-order valence-electron chi connectivity index (χ2n) is 5.20. The van der Waals surface area contributed by atoms with Gasteiger partial charge < -0.3 is 14.9 Å². The zero-order valence-electron chi connectivity index (χ0n) is 13.3. The molecule has 0 aliphatic rings.